The molecule has 2 aliphatic rings. The van der Waals surface area contributed by atoms with Gasteiger partial charge in [0.05, 0.1) is 11.3 Å². The Morgan fingerprint density at radius 1 is 1.06 bits per heavy atom. The lowest BCUT2D eigenvalue weighted by Crippen LogP contribution is -2.46. The number of amides is 1. The third kappa shape index (κ3) is 4.68. The van der Waals surface area contributed by atoms with E-state index in [1.165, 1.54) is 23.1 Å². The van der Waals surface area contributed by atoms with E-state index in [1.54, 1.807) is 4.90 Å². The van der Waals surface area contributed by atoms with Crippen molar-refractivity contribution in [3.8, 4) is 0 Å². The normalized spacial score (nSPS) is 18.4. The van der Waals surface area contributed by atoms with E-state index in [4.69, 9.17) is 0 Å². The Labute approximate surface area is 194 Å². The highest BCUT2D eigenvalue weighted by Gasteiger charge is 2.47. The van der Waals surface area contributed by atoms with Crippen molar-refractivity contribution >= 4 is 21.4 Å². The number of sulfone groups is 1. The van der Waals surface area contributed by atoms with Gasteiger partial charge in [0.1, 0.15) is 17.2 Å². The minimum absolute atomic E-state index is 0.0384. The number of carbonyl (C=O) groups is 1. The number of hydrogen-bond donors (Lipinski definition) is 0. The van der Waals surface area contributed by atoms with Crippen LogP contribution >= 0.6 is 0 Å². The number of likely N-dealkylation sites (tertiary alicyclic amines) is 1. The number of fused-ring (bicyclic) bond motifs is 2. The van der Waals surface area contributed by atoms with Crippen LogP contribution in [0.15, 0.2) is 41.3 Å². The van der Waals surface area contributed by atoms with Gasteiger partial charge in [0.15, 0.2) is 9.84 Å². The van der Waals surface area contributed by atoms with Crippen molar-refractivity contribution in [2.24, 2.45) is 0 Å². The second-order valence-electron chi connectivity index (χ2n) is 8.93. The SMILES string of the molecule is CS(=O)(=O)c1ccc2c(c1)C1(CCN(CCC(F)(F)F)CC1)CN2C(=O)c1c(F)cccc1F. The van der Waals surface area contributed by atoms with Crippen molar-refractivity contribution < 1.29 is 35.2 Å². The Morgan fingerprint density at radius 3 is 2.24 bits per heavy atom. The van der Waals surface area contributed by atoms with Crippen LogP contribution < -0.4 is 4.90 Å². The lowest BCUT2D eigenvalue weighted by Gasteiger charge is -2.40. The number of alkyl halides is 3. The summed E-state index contributed by atoms with van der Waals surface area (Å²) in [6.07, 6.45) is -3.42. The van der Waals surface area contributed by atoms with Crippen LogP contribution in [0.25, 0.3) is 0 Å². The van der Waals surface area contributed by atoms with Gasteiger partial charge in [0, 0.05) is 30.4 Å². The number of rotatable bonds is 4. The van der Waals surface area contributed by atoms with Crippen LogP contribution in [0.1, 0.15) is 35.2 Å². The molecule has 1 spiro atoms. The van der Waals surface area contributed by atoms with Gasteiger partial charge in [-0.3, -0.25) is 4.79 Å². The molecule has 0 N–H and O–H groups in total. The fraction of sp³-hybridized carbons (Fsp3) is 0.435. The highest BCUT2D eigenvalue weighted by molar-refractivity contribution is 7.90. The molecule has 2 aromatic carbocycles. The lowest BCUT2D eigenvalue weighted by molar-refractivity contribution is -0.138. The number of benzene rings is 2. The van der Waals surface area contributed by atoms with Gasteiger partial charge in [0.25, 0.3) is 5.91 Å². The van der Waals surface area contributed by atoms with Gasteiger partial charge in [0.2, 0.25) is 0 Å². The lowest BCUT2D eigenvalue weighted by atomic mass is 9.74. The molecule has 0 saturated carbocycles. The summed E-state index contributed by atoms with van der Waals surface area (Å²) >= 11 is 0. The zero-order chi connectivity index (χ0) is 24.9. The van der Waals surface area contributed by atoms with Gasteiger partial charge in [-0.2, -0.15) is 13.2 Å². The first kappa shape index (κ1) is 24.6. The van der Waals surface area contributed by atoms with E-state index in [0.717, 1.165) is 24.5 Å². The van der Waals surface area contributed by atoms with Crippen molar-refractivity contribution in [3.63, 3.8) is 0 Å². The predicted molar refractivity (Wildman–Crippen MR) is 116 cm³/mol. The van der Waals surface area contributed by atoms with Gasteiger partial charge in [-0.15, -0.1) is 0 Å². The molecule has 0 unspecified atom stereocenters. The van der Waals surface area contributed by atoms with Crippen LogP contribution in [-0.4, -0.2) is 57.8 Å². The average molecular weight is 503 g/mol. The second kappa shape index (κ2) is 8.60. The summed E-state index contributed by atoms with van der Waals surface area (Å²) < 4.78 is 90.9. The van der Waals surface area contributed by atoms with Crippen LogP contribution in [0.4, 0.5) is 27.6 Å². The average Bonchev–Trinajstić information content (AvgIpc) is 3.06. The molecule has 1 saturated heterocycles. The van der Waals surface area contributed by atoms with Gasteiger partial charge in [-0.25, -0.2) is 17.2 Å². The number of halogens is 5. The zero-order valence-electron chi connectivity index (χ0n) is 18.3. The molecule has 1 fully saturated rings. The van der Waals surface area contributed by atoms with E-state index in [9.17, 15) is 35.2 Å². The van der Waals surface area contributed by atoms with E-state index < -0.39 is 51.0 Å². The minimum Gasteiger partial charge on any atom is -0.307 e. The first-order chi connectivity index (χ1) is 15.8. The summed E-state index contributed by atoms with van der Waals surface area (Å²) in [7, 11) is -3.58. The molecule has 5 nitrogen and oxygen atoms in total. The van der Waals surface area contributed by atoms with Crippen LogP contribution in [0.5, 0.6) is 0 Å². The molecular formula is C23H23F5N2O3S. The van der Waals surface area contributed by atoms with Crippen LogP contribution in [0.3, 0.4) is 0 Å². The van der Waals surface area contributed by atoms with Crippen molar-refractivity contribution in [2.75, 3.05) is 37.3 Å². The third-order valence-corrected chi connectivity index (χ3v) is 7.78. The van der Waals surface area contributed by atoms with Crippen LogP contribution in [-0.2, 0) is 15.3 Å². The highest BCUT2D eigenvalue weighted by Crippen LogP contribution is 2.48. The second-order valence-corrected chi connectivity index (χ2v) is 10.9. The smallest absolute Gasteiger partial charge is 0.307 e. The third-order valence-electron chi connectivity index (χ3n) is 6.67. The molecule has 4 rings (SSSR count). The van der Waals surface area contributed by atoms with Gasteiger partial charge in [-0.1, -0.05) is 6.07 Å². The maximum absolute atomic E-state index is 14.4. The maximum atomic E-state index is 14.4. The fourth-order valence-corrected chi connectivity index (χ4v) is 5.46. The molecule has 2 heterocycles. The Hall–Kier alpha value is -2.53. The summed E-state index contributed by atoms with van der Waals surface area (Å²) in [4.78, 5) is 16.2. The Morgan fingerprint density at radius 2 is 1.68 bits per heavy atom. The number of anilines is 1. The Balaban J connectivity index is 1.69. The monoisotopic (exact) mass is 502 g/mol. The molecule has 0 bridgehead atoms. The molecule has 1 amide bonds. The summed E-state index contributed by atoms with van der Waals surface area (Å²) in [5.74, 6) is -2.91. The molecule has 0 radical (unpaired) electrons. The van der Waals surface area contributed by atoms with Crippen molar-refractivity contribution in [1.82, 2.24) is 4.90 Å². The first-order valence-corrected chi connectivity index (χ1v) is 12.6. The van der Waals surface area contributed by atoms with Crippen molar-refractivity contribution in [2.45, 2.75) is 35.7 Å². The number of piperidine rings is 1. The molecule has 34 heavy (non-hydrogen) atoms. The van der Waals surface area contributed by atoms with Gasteiger partial charge < -0.3 is 9.80 Å². The Kier molecular flexibility index (Phi) is 6.22. The topological polar surface area (TPSA) is 57.7 Å². The summed E-state index contributed by atoms with van der Waals surface area (Å²) in [6, 6.07) is 7.37. The summed E-state index contributed by atoms with van der Waals surface area (Å²) in [5, 5.41) is 0. The van der Waals surface area contributed by atoms with Crippen molar-refractivity contribution in [1.29, 1.82) is 0 Å². The summed E-state index contributed by atoms with van der Waals surface area (Å²) in [5.41, 5.74) is -0.539. The van der Waals surface area contributed by atoms with E-state index in [-0.39, 0.29) is 18.0 Å². The molecule has 2 aromatic rings. The molecule has 11 heteroatoms. The number of carbonyl (C=O) groups excluding carboxylic acids is 1. The molecule has 2 aliphatic heterocycles. The number of hydrogen-bond acceptors (Lipinski definition) is 4. The fourth-order valence-electron chi connectivity index (χ4n) is 4.81. The maximum Gasteiger partial charge on any atom is 0.390 e. The van der Waals surface area contributed by atoms with E-state index in [2.05, 4.69) is 0 Å². The first-order valence-electron chi connectivity index (χ1n) is 10.7. The molecule has 0 atom stereocenters. The van der Waals surface area contributed by atoms with E-state index in [1.807, 2.05) is 0 Å². The van der Waals surface area contributed by atoms with Crippen LogP contribution in [0.2, 0.25) is 0 Å². The highest BCUT2D eigenvalue weighted by atomic mass is 32.2. The van der Waals surface area contributed by atoms with Crippen molar-refractivity contribution in [3.05, 3.63) is 59.2 Å². The molecular weight excluding hydrogens is 479 g/mol. The quantitative estimate of drug-likeness (QED) is 0.585. The van der Waals surface area contributed by atoms with E-state index >= 15 is 0 Å². The molecule has 184 valence electrons. The largest absolute Gasteiger partial charge is 0.390 e. The minimum atomic E-state index is -4.27. The van der Waals surface area contributed by atoms with Gasteiger partial charge in [-0.05, 0) is 61.8 Å². The number of nitrogens with zero attached hydrogens (tertiary/aromatic N) is 2. The summed E-state index contributed by atoms with van der Waals surface area (Å²) in [6.45, 7) is 0.525. The zero-order valence-corrected chi connectivity index (χ0v) is 19.1. The standard InChI is InChI=1S/C23H23F5N2O3S/c1-34(32,33)15-5-6-19-16(13-15)22(7-10-29(11-8-22)12-9-23(26,27)28)14-30(19)21(31)20-17(24)3-2-4-18(20)25/h2-6,13H,7-12,14H2,1H3. The molecule has 0 aromatic heterocycles. The molecule has 0 aliphatic carbocycles. The predicted octanol–water partition coefficient (Wildman–Crippen LogP) is 4.31. The van der Waals surface area contributed by atoms with E-state index in [0.29, 0.717) is 37.2 Å². The van der Waals surface area contributed by atoms with Crippen LogP contribution in [0, 0.1) is 11.6 Å². The Bertz CT molecular complexity index is 1200. The van der Waals surface area contributed by atoms with Gasteiger partial charge >= 0.3 is 6.18 Å².